The van der Waals surface area contributed by atoms with Gasteiger partial charge in [0.25, 0.3) is 0 Å². The lowest BCUT2D eigenvalue weighted by atomic mass is 9.87. The van der Waals surface area contributed by atoms with Crippen molar-refractivity contribution in [1.82, 2.24) is 0 Å². The summed E-state index contributed by atoms with van der Waals surface area (Å²) >= 11 is 2.04. The first-order chi connectivity index (χ1) is 6.27. The summed E-state index contributed by atoms with van der Waals surface area (Å²) in [7, 11) is 1.73. The van der Waals surface area contributed by atoms with Crippen molar-refractivity contribution in [1.29, 1.82) is 0 Å². The average Bonchev–Trinajstić information content (AvgIpc) is 2.18. The second kappa shape index (κ2) is 5.80. The molecule has 0 atom stereocenters. The van der Waals surface area contributed by atoms with Gasteiger partial charge in [-0.2, -0.15) is 0 Å². The van der Waals surface area contributed by atoms with E-state index in [-0.39, 0.29) is 11.9 Å². The van der Waals surface area contributed by atoms with Crippen molar-refractivity contribution >= 4 is 28.6 Å². The lowest BCUT2D eigenvalue weighted by molar-refractivity contribution is -0.147. The SMILES string of the molecule is COC1CCC(C(=O)OCI)CC1. The molecule has 4 heteroatoms. The monoisotopic (exact) mass is 298 g/mol. The maximum Gasteiger partial charge on any atom is 0.309 e. The fourth-order valence-corrected chi connectivity index (χ4v) is 2.01. The number of ether oxygens (including phenoxy) is 2. The first-order valence-electron chi connectivity index (χ1n) is 4.53. The van der Waals surface area contributed by atoms with Crippen molar-refractivity contribution in [2.45, 2.75) is 31.8 Å². The summed E-state index contributed by atoms with van der Waals surface area (Å²) in [6.45, 7) is 0. The zero-order valence-electron chi connectivity index (χ0n) is 7.79. The van der Waals surface area contributed by atoms with Crippen molar-refractivity contribution in [3.8, 4) is 0 Å². The first-order valence-corrected chi connectivity index (χ1v) is 6.06. The molecule has 13 heavy (non-hydrogen) atoms. The standard InChI is InChI=1S/C9H15IO3/c1-12-8-4-2-7(3-5-8)9(11)13-6-10/h7-8H,2-6H2,1H3. The van der Waals surface area contributed by atoms with Crippen molar-refractivity contribution in [3.63, 3.8) is 0 Å². The van der Waals surface area contributed by atoms with Gasteiger partial charge in [0.05, 0.1) is 12.0 Å². The maximum absolute atomic E-state index is 11.3. The third-order valence-corrected chi connectivity index (χ3v) is 2.85. The van der Waals surface area contributed by atoms with Crippen LogP contribution < -0.4 is 0 Å². The van der Waals surface area contributed by atoms with Gasteiger partial charge in [0, 0.05) is 7.11 Å². The van der Waals surface area contributed by atoms with Gasteiger partial charge in [0.15, 0.2) is 0 Å². The van der Waals surface area contributed by atoms with E-state index in [1.807, 2.05) is 22.6 Å². The van der Waals surface area contributed by atoms with Gasteiger partial charge in [0.2, 0.25) is 0 Å². The number of rotatable bonds is 3. The van der Waals surface area contributed by atoms with Gasteiger partial charge in [-0.25, -0.2) is 0 Å². The Morgan fingerprint density at radius 1 is 1.38 bits per heavy atom. The summed E-state index contributed by atoms with van der Waals surface area (Å²) < 4.78 is 10.6. The third kappa shape index (κ3) is 3.42. The molecule has 1 rings (SSSR count). The van der Waals surface area contributed by atoms with Crippen LogP contribution in [0.3, 0.4) is 0 Å². The van der Waals surface area contributed by atoms with E-state index in [1.54, 1.807) is 7.11 Å². The minimum atomic E-state index is -0.0380. The Kier molecular flexibility index (Phi) is 5.01. The molecule has 76 valence electrons. The molecule has 1 saturated carbocycles. The fraction of sp³-hybridized carbons (Fsp3) is 0.889. The number of methoxy groups -OCH3 is 1. The molecule has 0 amide bonds. The Morgan fingerprint density at radius 2 is 2.00 bits per heavy atom. The summed E-state index contributed by atoms with van der Waals surface area (Å²) in [5.41, 5.74) is 0. The smallest absolute Gasteiger partial charge is 0.309 e. The predicted molar refractivity (Wildman–Crippen MR) is 57.7 cm³/mol. The number of carbonyl (C=O) groups is 1. The van der Waals surface area contributed by atoms with Crippen LogP contribution in [0.15, 0.2) is 0 Å². The Morgan fingerprint density at radius 3 is 2.46 bits per heavy atom. The minimum absolute atomic E-state index is 0.0380. The molecule has 0 aromatic carbocycles. The Balaban J connectivity index is 2.28. The van der Waals surface area contributed by atoms with Crippen LogP contribution in [0.4, 0.5) is 0 Å². The lowest BCUT2D eigenvalue weighted by Gasteiger charge is -2.25. The number of carbonyl (C=O) groups excluding carboxylic acids is 1. The van der Waals surface area contributed by atoms with Gasteiger partial charge in [0.1, 0.15) is 4.61 Å². The predicted octanol–water partition coefficient (Wildman–Crippen LogP) is 2.13. The van der Waals surface area contributed by atoms with Gasteiger partial charge < -0.3 is 9.47 Å². The van der Waals surface area contributed by atoms with E-state index < -0.39 is 0 Å². The molecule has 0 N–H and O–H groups in total. The minimum Gasteiger partial charge on any atom is -0.455 e. The van der Waals surface area contributed by atoms with E-state index in [0.29, 0.717) is 10.7 Å². The van der Waals surface area contributed by atoms with Crippen LogP contribution in [0.2, 0.25) is 0 Å². The van der Waals surface area contributed by atoms with E-state index in [0.717, 1.165) is 25.7 Å². The largest absolute Gasteiger partial charge is 0.455 e. The van der Waals surface area contributed by atoms with Crippen LogP contribution in [0, 0.1) is 5.92 Å². The molecule has 0 bridgehead atoms. The second-order valence-electron chi connectivity index (χ2n) is 3.28. The summed E-state index contributed by atoms with van der Waals surface area (Å²) in [6.07, 6.45) is 4.14. The molecular weight excluding hydrogens is 283 g/mol. The number of alkyl halides is 1. The van der Waals surface area contributed by atoms with Crippen molar-refractivity contribution in [2.24, 2.45) is 5.92 Å². The Bertz CT molecular complexity index is 164. The average molecular weight is 298 g/mol. The van der Waals surface area contributed by atoms with Crippen LogP contribution in [0.25, 0.3) is 0 Å². The van der Waals surface area contributed by atoms with Crippen LogP contribution in [-0.4, -0.2) is 23.8 Å². The summed E-state index contributed by atoms with van der Waals surface area (Å²) in [5, 5.41) is 0. The number of halogens is 1. The number of hydrogen-bond donors (Lipinski definition) is 0. The van der Waals surface area contributed by atoms with Crippen LogP contribution in [-0.2, 0) is 14.3 Å². The van der Waals surface area contributed by atoms with E-state index >= 15 is 0 Å². The molecule has 0 saturated heterocycles. The molecular formula is C9H15IO3. The Labute approximate surface area is 92.3 Å². The molecule has 1 aliphatic rings. The van der Waals surface area contributed by atoms with Crippen molar-refractivity contribution in [2.75, 3.05) is 11.7 Å². The van der Waals surface area contributed by atoms with Crippen molar-refractivity contribution in [3.05, 3.63) is 0 Å². The Hall–Kier alpha value is 0.160. The second-order valence-corrected chi connectivity index (χ2v) is 3.90. The number of hydrogen-bond acceptors (Lipinski definition) is 3. The molecule has 1 aliphatic carbocycles. The fourth-order valence-electron chi connectivity index (χ4n) is 1.71. The highest BCUT2D eigenvalue weighted by Gasteiger charge is 2.26. The summed E-state index contributed by atoms with van der Waals surface area (Å²) in [5.74, 6) is 0.0742. The van der Waals surface area contributed by atoms with E-state index in [2.05, 4.69) is 0 Å². The van der Waals surface area contributed by atoms with Gasteiger partial charge in [-0.15, -0.1) is 0 Å². The normalized spacial score (nSPS) is 28.5. The van der Waals surface area contributed by atoms with Crippen molar-refractivity contribution < 1.29 is 14.3 Å². The highest BCUT2D eigenvalue weighted by Crippen LogP contribution is 2.26. The van der Waals surface area contributed by atoms with Crippen LogP contribution in [0.1, 0.15) is 25.7 Å². The topological polar surface area (TPSA) is 35.5 Å². The molecule has 1 fully saturated rings. The van der Waals surface area contributed by atoms with Crippen LogP contribution in [0.5, 0.6) is 0 Å². The summed E-state index contributed by atoms with van der Waals surface area (Å²) in [4.78, 5) is 11.3. The van der Waals surface area contributed by atoms with Gasteiger partial charge in [-0.3, -0.25) is 4.79 Å². The zero-order valence-corrected chi connectivity index (χ0v) is 9.95. The lowest BCUT2D eigenvalue weighted by Crippen LogP contribution is -2.26. The molecule has 0 aromatic heterocycles. The molecule has 3 nitrogen and oxygen atoms in total. The highest BCUT2D eigenvalue weighted by atomic mass is 127. The molecule has 0 spiro atoms. The van der Waals surface area contributed by atoms with Gasteiger partial charge >= 0.3 is 5.97 Å². The molecule has 0 aromatic rings. The highest BCUT2D eigenvalue weighted by molar-refractivity contribution is 14.1. The molecule has 0 radical (unpaired) electrons. The van der Waals surface area contributed by atoms with E-state index in [1.165, 1.54) is 0 Å². The van der Waals surface area contributed by atoms with E-state index in [9.17, 15) is 4.79 Å². The zero-order chi connectivity index (χ0) is 9.68. The van der Waals surface area contributed by atoms with Gasteiger partial charge in [-0.05, 0) is 48.3 Å². The maximum atomic E-state index is 11.3. The third-order valence-electron chi connectivity index (χ3n) is 2.54. The van der Waals surface area contributed by atoms with Gasteiger partial charge in [-0.1, -0.05) is 0 Å². The summed E-state index contributed by atoms with van der Waals surface area (Å²) in [6, 6.07) is 0. The van der Waals surface area contributed by atoms with Crippen LogP contribution >= 0.6 is 22.6 Å². The quantitative estimate of drug-likeness (QED) is 0.455. The van der Waals surface area contributed by atoms with E-state index in [4.69, 9.17) is 9.47 Å². The molecule has 0 aliphatic heterocycles. The first kappa shape index (κ1) is 11.2. The molecule has 0 heterocycles. The number of esters is 1. The molecule has 0 unspecified atom stereocenters.